The molecule has 4 aromatic rings. The van der Waals surface area contributed by atoms with Gasteiger partial charge < -0.3 is 9.52 Å². The Labute approximate surface area is 326 Å². The van der Waals surface area contributed by atoms with Gasteiger partial charge in [-0.1, -0.05) is 130 Å². The molecule has 12 heteroatoms. The maximum atomic E-state index is 15.1. The zero-order valence-corrected chi connectivity index (χ0v) is 33.0. The Kier molecular flexibility index (Phi) is 14.0. The number of amides is 2. The van der Waals surface area contributed by atoms with E-state index in [9.17, 15) is 9.90 Å². The van der Waals surface area contributed by atoms with Crippen LogP contribution in [0.25, 0.3) is 11.0 Å². The maximum Gasteiger partial charge on any atom is 0.522 e. The van der Waals surface area contributed by atoms with Gasteiger partial charge in [-0.25, -0.2) is 10.0 Å². The number of unbranched alkanes of at least 4 members (excludes halogenated alkanes) is 8. The average molecular weight is 790 g/mol. The molecule has 0 aliphatic carbocycles. The van der Waals surface area contributed by atoms with Crippen molar-refractivity contribution in [3.63, 3.8) is 0 Å². The number of quaternary nitrogens is 1. The third-order valence-corrected chi connectivity index (χ3v) is 10.9. The smallest absolute Gasteiger partial charge is 0.435 e. The topological polar surface area (TPSA) is 95.1 Å². The normalized spacial score (nSPS) is 17.1. The highest BCUT2D eigenvalue weighted by molar-refractivity contribution is 6.41. The molecular formula is C40H47Cl4N4O4+. The van der Waals surface area contributed by atoms with Crippen molar-refractivity contribution < 1.29 is 19.1 Å². The Hall–Kier alpha value is -3.27. The van der Waals surface area contributed by atoms with Crippen molar-refractivity contribution >= 4 is 92.5 Å². The van der Waals surface area contributed by atoms with Crippen LogP contribution in [0.1, 0.15) is 96.5 Å². The predicted octanol–water partition coefficient (Wildman–Crippen LogP) is 13.1. The summed E-state index contributed by atoms with van der Waals surface area (Å²) in [6.07, 6.45) is 10.2. The Morgan fingerprint density at radius 1 is 0.865 bits per heavy atom. The molecule has 0 radical (unpaired) electrons. The van der Waals surface area contributed by atoms with Gasteiger partial charge in [-0.2, -0.15) is 4.79 Å². The highest BCUT2D eigenvalue weighted by Gasteiger charge is 2.64. The summed E-state index contributed by atoms with van der Waals surface area (Å²) in [6.45, 7) is 6.13. The van der Waals surface area contributed by atoms with Crippen LogP contribution in [0.3, 0.4) is 0 Å². The highest BCUT2D eigenvalue weighted by atomic mass is 35.5. The Morgan fingerprint density at radius 3 is 2.13 bits per heavy atom. The van der Waals surface area contributed by atoms with Crippen molar-refractivity contribution in [2.45, 2.75) is 110 Å². The van der Waals surface area contributed by atoms with Crippen molar-refractivity contribution in [1.29, 1.82) is 0 Å². The number of nitrogens with zero attached hydrogens (tertiary/aromatic N) is 3. The van der Waals surface area contributed by atoms with Crippen molar-refractivity contribution in [1.82, 2.24) is 9.91 Å². The van der Waals surface area contributed by atoms with Crippen LogP contribution >= 0.6 is 46.4 Å². The number of aliphatic imine (C=N–C) groups is 1. The molecule has 5 rings (SSSR count). The average Bonchev–Trinajstić information content (AvgIpc) is 3.67. The van der Waals surface area contributed by atoms with E-state index >= 15 is 4.79 Å². The van der Waals surface area contributed by atoms with Gasteiger partial charge >= 0.3 is 17.9 Å². The summed E-state index contributed by atoms with van der Waals surface area (Å²) in [7, 11) is 0. The van der Waals surface area contributed by atoms with Crippen LogP contribution in [0.2, 0.25) is 20.1 Å². The molecule has 52 heavy (non-hydrogen) atoms. The molecule has 1 saturated heterocycles. The minimum absolute atomic E-state index is 0.0576. The number of halogens is 4. The molecule has 8 nitrogen and oxygen atoms in total. The van der Waals surface area contributed by atoms with Gasteiger partial charge in [0.1, 0.15) is 17.3 Å². The molecule has 2 N–H and O–H groups in total. The first kappa shape index (κ1) is 39.9. The molecule has 0 saturated carbocycles. The number of hydrogen-bond acceptors (Lipinski definition) is 4. The van der Waals surface area contributed by atoms with E-state index in [1.165, 1.54) is 30.7 Å². The van der Waals surface area contributed by atoms with Crippen molar-refractivity contribution in [2.24, 2.45) is 4.99 Å². The van der Waals surface area contributed by atoms with Crippen molar-refractivity contribution in [2.75, 3.05) is 5.01 Å². The molecule has 2 heterocycles. The third-order valence-electron chi connectivity index (χ3n) is 9.83. The van der Waals surface area contributed by atoms with Crippen LogP contribution < -0.4 is 14.9 Å². The number of aryl methyl sites for hydroxylation is 1. The van der Waals surface area contributed by atoms with Gasteiger partial charge in [0, 0.05) is 23.3 Å². The lowest BCUT2D eigenvalue weighted by atomic mass is 9.95. The Balaban J connectivity index is 1.71. The molecule has 1 aliphatic rings. The first-order valence-corrected chi connectivity index (χ1v) is 19.7. The van der Waals surface area contributed by atoms with Crippen LogP contribution in [0.15, 0.2) is 70.1 Å². The van der Waals surface area contributed by atoms with Gasteiger partial charge in [-0.05, 0) is 61.7 Å². The summed E-state index contributed by atoms with van der Waals surface area (Å²) in [5, 5.41) is 14.7. The first-order chi connectivity index (χ1) is 25.0. The number of amidine groups is 1. The molecule has 1 aromatic heterocycles. The minimum atomic E-state index is -1.44. The van der Waals surface area contributed by atoms with E-state index in [4.69, 9.17) is 55.8 Å². The number of carboxylic acid groups (broad SMARTS) is 1. The van der Waals surface area contributed by atoms with Crippen LogP contribution in [-0.2, 0) is 4.79 Å². The molecule has 1 aliphatic heterocycles. The van der Waals surface area contributed by atoms with E-state index in [1.54, 1.807) is 42.5 Å². The van der Waals surface area contributed by atoms with Crippen molar-refractivity contribution in [3.8, 4) is 0 Å². The zero-order chi connectivity index (χ0) is 37.4. The number of benzene rings is 3. The monoisotopic (exact) mass is 787 g/mol. The Morgan fingerprint density at radius 2 is 1.50 bits per heavy atom. The second kappa shape index (κ2) is 18.2. The van der Waals surface area contributed by atoms with Gasteiger partial charge in [0.2, 0.25) is 6.04 Å². The van der Waals surface area contributed by atoms with Gasteiger partial charge in [-0.3, -0.25) is 10.2 Å². The summed E-state index contributed by atoms with van der Waals surface area (Å²) in [6, 6.07) is 15.3. The lowest BCUT2D eigenvalue weighted by molar-refractivity contribution is -0.121. The van der Waals surface area contributed by atoms with E-state index in [1.807, 2.05) is 25.1 Å². The fraction of sp³-hybridized carbons (Fsp3) is 0.425. The number of furan rings is 1. The number of carbonyl (C=O) groups excluding carboxylic acids is 1. The summed E-state index contributed by atoms with van der Waals surface area (Å²) < 4.78 is 5.63. The number of nitrogens with one attached hydrogen (secondary N) is 1. The molecule has 3 unspecified atom stereocenters. The van der Waals surface area contributed by atoms with Gasteiger partial charge in [0.15, 0.2) is 5.84 Å². The predicted molar refractivity (Wildman–Crippen MR) is 216 cm³/mol. The highest BCUT2D eigenvalue weighted by Crippen LogP contribution is 2.44. The largest absolute Gasteiger partial charge is 0.522 e. The summed E-state index contributed by atoms with van der Waals surface area (Å²) in [4.78, 5) is 34.4. The van der Waals surface area contributed by atoms with Crippen LogP contribution in [0.4, 0.5) is 22.1 Å². The van der Waals surface area contributed by atoms with E-state index in [0.29, 0.717) is 29.1 Å². The second-order valence-electron chi connectivity index (χ2n) is 13.6. The molecule has 278 valence electrons. The molecule has 3 aromatic carbocycles. The molecule has 1 fully saturated rings. The molecule has 3 atom stereocenters. The molecule has 0 spiro atoms. The van der Waals surface area contributed by atoms with Crippen LogP contribution in [-0.4, -0.2) is 35.0 Å². The third kappa shape index (κ3) is 8.58. The van der Waals surface area contributed by atoms with Crippen molar-refractivity contribution in [3.05, 3.63) is 86.3 Å². The standard InChI is InChI=1S/C40H46Cl4N4O4/c1-4-6-8-9-10-11-12-13-18-29(17-7-5-2)48(40(50)51,35-24-27-16-14-15-19-34(27)52-35)37-38(45-33-21-20-28(41)25-30(33)42)46-47(39(37)49)36-31(43)22-26(3)23-32(36)44/h14-16,19-25,29,37H,4-13,17-18H2,1-3H3,(H-,45,46,50,51)/p+1. The molecular weight excluding hydrogens is 742 g/mol. The van der Waals surface area contributed by atoms with Crippen LogP contribution in [0.5, 0.6) is 0 Å². The minimum Gasteiger partial charge on any atom is -0.435 e. The quantitative estimate of drug-likeness (QED) is 0.0820. The zero-order valence-electron chi connectivity index (χ0n) is 29.9. The Bertz CT molecular complexity index is 1860. The summed E-state index contributed by atoms with van der Waals surface area (Å²) in [5.41, 5.74) is 4.93. The molecule has 2 amide bonds. The van der Waals surface area contributed by atoms with E-state index in [0.717, 1.165) is 49.5 Å². The van der Waals surface area contributed by atoms with Gasteiger partial charge in [0.25, 0.3) is 0 Å². The van der Waals surface area contributed by atoms with E-state index < -0.39 is 28.6 Å². The fourth-order valence-corrected chi connectivity index (χ4v) is 8.45. The fourth-order valence-electron chi connectivity index (χ4n) is 7.23. The van der Waals surface area contributed by atoms with Gasteiger partial charge in [-0.15, -0.1) is 4.48 Å². The number of hydrogen-bond donors (Lipinski definition) is 2. The summed E-state index contributed by atoms with van der Waals surface area (Å²) >= 11 is 26.4. The second-order valence-corrected chi connectivity index (χ2v) is 15.3. The van der Waals surface area contributed by atoms with E-state index in [2.05, 4.69) is 19.3 Å². The number of anilines is 1. The number of rotatable bonds is 17. The number of fused-ring (bicyclic) bond motifs is 1. The summed E-state index contributed by atoms with van der Waals surface area (Å²) in [5.74, 6) is -0.411. The molecule has 0 bridgehead atoms. The van der Waals surface area contributed by atoms with Gasteiger partial charge in [0.05, 0.1) is 26.8 Å². The maximum absolute atomic E-state index is 15.1. The SMILES string of the molecule is CCCCCCCCCCC(CCCC)[N+](C(=O)O)(c1cc2ccccc2o1)C1C(=O)N(c2c(Cl)cc(C)cc2Cl)NC1=Nc1ccc(Cl)cc1Cl. The van der Waals surface area contributed by atoms with E-state index in [-0.39, 0.29) is 32.5 Å². The first-order valence-electron chi connectivity index (χ1n) is 18.2. The lowest BCUT2D eigenvalue weighted by Gasteiger charge is -2.40. The number of hydrazine groups is 1. The van der Waals surface area contributed by atoms with Crippen LogP contribution in [0, 0.1) is 6.92 Å². The number of para-hydroxylation sites is 1. The number of carbonyl (C=O) groups is 2. The lowest BCUT2D eigenvalue weighted by Crippen LogP contribution is -2.70.